The smallest absolute Gasteiger partial charge is 0.359 e. The highest BCUT2D eigenvalue weighted by Crippen LogP contribution is 2.22. The fraction of sp³-hybridized carbons (Fsp3) is 0.667. The van der Waals surface area contributed by atoms with Gasteiger partial charge in [-0.15, -0.1) is 0 Å². The van der Waals surface area contributed by atoms with Crippen LogP contribution < -0.4 is 5.73 Å². The van der Waals surface area contributed by atoms with Gasteiger partial charge in [0.05, 0.1) is 5.94 Å². The van der Waals surface area contributed by atoms with E-state index in [1.54, 1.807) is 11.8 Å². The summed E-state index contributed by atoms with van der Waals surface area (Å²) in [4.78, 5) is 14.6. The van der Waals surface area contributed by atoms with Crippen LogP contribution in [-0.4, -0.2) is 35.2 Å². The van der Waals surface area contributed by atoms with Gasteiger partial charge in [0.15, 0.2) is 0 Å². The molecule has 13 heavy (non-hydrogen) atoms. The zero-order chi connectivity index (χ0) is 9.68. The van der Waals surface area contributed by atoms with E-state index in [9.17, 15) is 4.79 Å². The second-order valence-corrected chi connectivity index (χ2v) is 4.07. The Labute approximate surface area is 84.4 Å². The SMILES string of the molecule is CSCC1OCSC1=NOC(N)=O. The minimum atomic E-state index is -0.900. The first-order valence-electron chi connectivity index (χ1n) is 3.51. The van der Waals surface area contributed by atoms with Gasteiger partial charge in [0.2, 0.25) is 0 Å². The maximum Gasteiger partial charge on any atom is 0.430 e. The van der Waals surface area contributed by atoms with Crippen LogP contribution in [0.15, 0.2) is 5.16 Å². The van der Waals surface area contributed by atoms with Gasteiger partial charge in [-0.1, -0.05) is 16.9 Å². The molecule has 1 unspecified atom stereocenters. The minimum absolute atomic E-state index is 0.0700. The van der Waals surface area contributed by atoms with Crippen molar-refractivity contribution in [3.63, 3.8) is 0 Å². The Kier molecular flexibility index (Phi) is 4.40. The monoisotopic (exact) mass is 222 g/mol. The Morgan fingerprint density at radius 3 is 3.38 bits per heavy atom. The zero-order valence-corrected chi connectivity index (χ0v) is 8.69. The molecular formula is C6H10N2O3S2. The van der Waals surface area contributed by atoms with Crippen molar-refractivity contribution < 1.29 is 14.4 Å². The van der Waals surface area contributed by atoms with E-state index in [-0.39, 0.29) is 6.10 Å². The summed E-state index contributed by atoms with van der Waals surface area (Å²) >= 11 is 3.06. The van der Waals surface area contributed by atoms with E-state index < -0.39 is 6.09 Å². The van der Waals surface area contributed by atoms with Crippen molar-refractivity contribution in [2.24, 2.45) is 10.9 Å². The number of nitrogens with zero attached hydrogens (tertiary/aromatic N) is 1. The van der Waals surface area contributed by atoms with Crippen LogP contribution >= 0.6 is 23.5 Å². The average molecular weight is 222 g/mol. The summed E-state index contributed by atoms with van der Waals surface area (Å²) in [5.74, 6) is 1.35. The van der Waals surface area contributed by atoms with Crippen LogP contribution in [0, 0.1) is 0 Å². The number of rotatable bonds is 3. The molecule has 5 nitrogen and oxygen atoms in total. The van der Waals surface area contributed by atoms with Crippen LogP contribution in [0.25, 0.3) is 0 Å². The molecule has 7 heteroatoms. The molecule has 1 amide bonds. The van der Waals surface area contributed by atoms with Crippen LogP contribution in [0.1, 0.15) is 0 Å². The van der Waals surface area contributed by atoms with Gasteiger partial charge >= 0.3 is 6.09 Å². The van der Waals surface area contributed by atoms with E-state index in [0.29, 0.717) is 11.0 Å². The number of hydrogen-bond donors (Lipinski definition) is 1. The number of ether oxygens (including phenoxy) is 1. The number of nitrogens with two attached hydrogens (primary N) is 1. The average Bonchev–Trinajstić information content (AvgIpc) is 2.49. The van der Waals surface area contributed by atoms with Gasteiger partial charge in [-0.05, 0) is 6.26 Å². The Bertz CT molecular complexity index is 222. The largest absolute Gasteiger partial charge is 0.430 e. The Morgan fingerprint density at radius 2 is 2.77 bits per heavy atom. The Hall–Kier alpha value is -0.400. The molecule has 0 aromatic rings. The van der Waals surface area contributed by atoms with E-state index in [0.717, 1.165) is 5.75 Å². The molecular weight excluding hydrogens is 212 g/mol. The van der Waals surface area contributed by atoms with Gasteiger partial charge in [-0.25, -0.2) is 4.79 Å². The summed E-state index contributed by atoms with van der Waals surface area (Å²) in [7, 11) is 0. The van der Waals surface area contributed by atoms with E-state index in [4.69, 9.17) is 10.5 Å². The summed E-state index contributed by atoms with van der Waals surface area (Å²) in [5.41, 5.74) is 4.77. The lowest BCUT2D eigenvalue weighted by Gasteiger charge is -2.05. The topological polar surface area (TPSA) is 73.9 Å². The molecule has 0 radical (unpaired) electrons. The highest BCUT2D eigenvalue weighted by molar-refractivity contribution is 8.14. The molecule has 1 fully saturated rings. The van der Waals surface area contributed by atoms with Crippen LogP contribution in [0.3, 0.4) is 0 Å². The molecule has 0 aromatic carbocycles. The lowest BCUT2D eigenvalue weighted by Crippen LogP contribution is -2.19. The molecule has 1 heterocycles. The molecule has 2 N–H and O–H groups in total. The van der Waals surface area contributed by atoms with Crippen LogP contribution in [0.5, 0.6) is 0 Å². The molecule has 0 aromatic heterocycles. The summed E-state index contributed by atoms with van der Waals surface area (Å²) < 4.78 is 5.32. The molecule has 0 spiro atoms. The highest BCUT2D eigenvalue weighted by atomic mass is 32.2. The highest BCUT2D eigenvalue weighted by Gasteiger charge is 2.24. The predicted molar refractivity (Wildman–Crippen MR) is 53.8 cm³/mol. The first kappa shape index (κ1) is 10.7. The lowest BCUT2D eigenvalue weighted by atomic mass is 10.4. The van der Waals surface area contributed by atoms with Crippen molar-refractivity contribution in [1.29, 1.82) is 0 Å². The van der Waals surface area contributed by atoms with Crippen molar-refractivity contribution in [3.05, 3.63) is 0 Å². The number of oxime groups is 1. The van der Waals surface area contributed by atoms with Gasteiger partial charge in [0.1, 0.15) is 11.1 Å². The molecule has 1 aliphatic heterocycles. The third-order valence-electron chi connectivity index (χ3n) is 1.30. The Balaban J connectivity index is 2.46. The zero-order valence-electron chi connectivity index (χ0n) is 7.06. The van der Waals surface area contributed by atoms with Crippen molar-refractivity contribution in [1.82, 2.24) is 0 Å². The quantitative estimate of drug-likeness (QED) is 0.566. The summed E-state index contributed by atoms with van der Waals surface area (Å²) in [6, 6.07) is 0. The number of hydrogen-bond acceptors (Lipinski definition) is 6. The first-order valence-corrected chi connectivity index (χ1v) is 5.89. The summed E-state index contributed by atoms with van der Waals surface area (Å²) in [5, 5.41) is 4.26. The Morgan fingerprint density at radius 1 is 2.00 bits per heavy atom. The maximum atomic E-state index is 10.3. The van der Waals surface area contributed by atoms with Crippen LogP contribution in [0.2, 0.25) is 0 Å². The molecule has 1 atom stereocenters. The molecule has 1 rings (SSSR count). The molecule has 1 saturated heterocycles. The third kappa shape index (κ3) is 3.45. The van der Waals surface area contributed by atoms with Gasteiger partial charge in [0, 0.05) is 5.75 Å². The number of amides is 1. The van der Waals surface area contributed by atoms with Crippen molar-refractivity contribution in [2.75, 3.05) is 17.9 Å². The standard InChI is InChI=1S/C6H10N2O3S2/c1-12-2-4-5(13-3-10-4)8-11-6(7)9/h4H,2-3H2,1H3,(H2,7,9). The fourth-order valence-electron chi connectivity index (χ4n) is 0.787. The van der Waals surface area contributed by atoms with E-state index in [1.165, 1.54) is 11.8 Å². The second-order valence-electron chi connectivity index (χ2n) is 2.21. The van der Waals surface area contributed by atoms with Crippen LogP contribution in [0.4, 0.5) is 4.79 Å². The third-order valence-corrected chi connectivity index (χ3v) is 2.82. The van der Waals surface area contributed by atoms with E-state index in [1.807, 2.05) is 6.26 Å². The van der Waals surface area contributed by atoms with Gasteiger partial charge < -0.3 is 10.5 Å². The minimum Gasteiger partial charge on any atom is -0.359 e. The number of primary amides is 1. The van der Waals surface area contributed by atoms with Crippen molar-refractivity contribution >= 4 is 34.7 Å². The lowest BCUT2D eigenvalue weighted by molar-refractivity contribution is 0.152. The maximum absolute atomic E-state index is 10.3. The summed E-state index contributed by atoms with van der Waals surface area (Å²) in [6.07, 6.45) is 1.00. The van der Waals surface area contributed by atoms with Gasteiger partial charge in [-0.2, -0.15) is 11.8 Å². The van der Waals surface area contributed by atoms with Crippen molar-refractivity contribution in [3.8, 4) is 0 Å². The van der Waals surface area contributed by atoms with E-state index >= 15 is 0 Å². The fourth-order valence-corrected chi connectivity index (χ4v) is 2.23. The molecule has 0 bridgehead atoms. The predicted octanol–water partition coefficient (Wildman–Crippen LogP) is 0.848. The molecule has 0 saturated carbocycles. The molecule has 1 aliphatic rings. The second kappa shape index (κ2) is 5.36. The number of thioether (sulfide) groups is 2. The normalized spacial score (nSPS) is 25.0. The van der Waals surface area contributed by atoms with Crippen LogP contribution in [-0.2, 0) is 9.57 Å². The van der Waals surface area contributed by atoms with Gasteiger partial charge in [0.25, 0.3) is 0 Å². The van der Waals surface area contributed by atoms with E-state index in [2.05, 4.69) is 9.99 Å². The number of carbonyl (C=O) groups excluding carboxylic acids is 1. The van der Waals surface area contributed by atoms with Gasteiger partial charge in [-0.3, -0.25) is 4.84 Å². The first-order chi connectivity index (χ1) is 6.24. The molecule has 74 valence electrons. The summed E-state index contributed by atoms with van der Waals surface area (Å²) in [6.45, 7) is 0. The number of carbonyl (C=O) groups is 1. The molecule has 0 aliphatic carbocycles. The van der Waals surface area contributed by atoms with Crippen molar-refractivity contribution in [2.45, 2.75) is 6.10 Å².